The van der Waals surface area contributed by atoms with Gasteiger partial charge in [0.2, 0.25) is 5.89 Å². The maximum atomic E-state index is 13.0. The molecule has 7 nitrogen and oxygen atoms in total. The molecule has 0 amide bonds. The van der Waals surface area contributed by atoms with Gasteiger partial charge in [-0.25, -0.2) is 12.8 Å². The fourth-order valence-electron chi connectivity index (χ4n) is 3.49. The molecule has 2 atom stereocenters. The second-order valence-corrected chi connectivity index (χ2v) is 9.07. The van der Waals surface area contributed by atoms with Crippen molar-refractivity contribution in [2.75, 3.05) is 6.54 Å². The smallest absolute Gasteiger partial charge is 0.244 e. The molecule has 152 valence electrons. The van der Waals surface area contributed by atoms with Crippen molar-refractivity contribution in [3.8, 4) is 0 Å². The summed E-state index contributed by atoms with van der Waals surface area (Å²) in [7, 11) is -3.73. The average molecular weight is 417 g/mol. The second kappa shape index (κ2) is 8.02. The predicted octanol–water partition coefficient (Wildman–Crippen LogP) is 2.49. The zero-order valence-corrected chi connectivity index (χ0v) is 16.3. The standard InChI is InChI=1S/C20H20FN3O4S/c21-15-6-8-17(9-7-15)29(26,27)13-19-22-20(28-23-19)18-10-16(25)12-24(18)11-14-4-2-1-3-5-14/h1-9,16,18,25H,10-13H2/t16-,18+/m1/s1. The van der Waals surface area contributed by atoms with Crippen LogP contribution >= 0.6 is 0 Å². The fraction of sp³-hybridized carbons (Fsp3) is 0.300. The van der Waals surface area contributed by atoms with Crippen LogP contribution in [0.25, 0.3) is 0 Å². The van der Waals surface area contributed by atoms with E-state index in [4.69, 9.17) is 4.52 Å². The third kappa shape index (κ3) is 4.52. The van der Waals surface area contributed by atoms with E-state index in [9.17, 15) is 17.9 Å². The fourth-order valence-corrected chi connectivity index (χ4v) is 4.66. The third-order valence-corrected chi connectivity index (χ3v) is 6.50. The van der Waals surface area contributed by atoms with Crippen LogP contribution in [0.1, 0.15) is 29.7 Å². The maximum absolute atomic E-state index is 13.0. The summed E-state index contributed by atoms with van der Waals surface area (Å²) in [4.78, 5) is 6.29. The van der Waals surface area contributed by atoms with E-state index in [1.165, 1.54) is 12.1 Å². The topological polar surface area (TPSA) is 96.5 Å². The maximum Gasteiger partial charge on any atom is 0.244 e. The lowest BCUT2D eigenvalue weighted by Gasteiger charge is -2.21. The molecule has 1 fully saturated rings. The Bertz CT molecular complexity index is 1070. The lowest BCUT2D eigenvalue weighted by Crippen LogP contribution is -2.24. The van der Waals surface area contributed by atoms with Crippen molar-refractivity contribution >= 4 is 9.84 Å². The van der Waals surface area contributed by atoms with Gasteiger partial charge in [0.25, 0.3) is 0 Å². The minimum atomic E-state index is -3.73. The van der Waals surface area contributed by atoms with Crippen molar-refractivity contribution in [3.63, 3.8) is 0 Å². The molecule has 1 aliphatic heterocycles. The number of aromatic nitrogens is 2. The van der Waals surface area contributed by atoms with E-state index in [2.05, 4.69) is 10.1 Å². The molecular weight excluding hydrogens is 397 g/mol. The first-order valence-electron chi connectivity index (χ1n) is 9.17. The van der Waals surface area contributed by atoms with Crippen LogP contribution in [-0.2, 0) is 22.1 Å². The molecule has 0 aliphatic carbocycles. The Kier molecular flexibility index (Phi) is 5.44. The summed E-state index contributed by atoms with van der Waals surface area (Å²) in [5.41, 5.74) is 1.09. The Morgan fingerprint density at radius 3 is 2.59 bits per heavy atom. The van der Waals surface area contributed by atoms with E-state index in [1.54, 1.807) is 0 Å². The lowest BCUT2D eigenvalue weighted by molar-refractivity contribution is 0.169. The van der Waals surface area contributed by atoms with E-state index in [0.717, 1.165) is 17.7 Å². The number of sulfone groups is 1. The largest absolute Gasteiger partial charge is 0.392 e. The molecular formula is C20H20FN3O4S. The molecule has 0 bridgehead atoms. The number of halogens is 1. The molecule has 4 rings (SSSR count). The van der Waals surface area contributed by atoms with Gasteiger partial charge in [0.15, 0.2) is 15.7 Å². The van der Waals surface area contributed by atoms with Crippen molar-refractivity contribution in [1.82, 2.24) is 15.0 Å². The number of likely N-dealkylation sites (tertiary alicyclic amines) is 1. The third-order valence-electron chi connectivity index (χ3n) is 4.87. The first kappa shape index (κ1) is 19.7. The Labute approximate surface area is 167 Å². The SMILES string of the molecule is O=S(=O)(Cc1noc([C@@H]2C[C@@H](O)CN2Cc2ccccc2)n1)c1ccc(F)cc1. The Hall–Kier alpha value is -2.62. The zero-order valence-electron chi connectivity index (χ0n) is 15.5. The minimum Gasteiger partial charge on any atom is -0.392 e. The molecule has 3 aromatic rings. The molecule has 0 saturated carbocycles. The number of aliphatic hydroxyl groups excluding tert-OH is 1. The van der Waals surface area contributed by atoms with Crippen LogP contribution in [0.3, 0.4) is 0 Å². The Balaban J connectivity index is 1.51. The molecule has 1 aromatic heterocycles. The number of nitrogens with zero attached hydrogens (tertiary/aromatic N) is 3. The number of hydrogen-bond donors (Lipinski definition) is 1. The number of β-amino-alcohol motifs (C(OH)–C–C–N with tert-alkyl or cyclic N) is 1. The highest BCUT2D eigenvalue weighted by atomic mass is 32.2. The summed E-state index contributed by atoms with van der Waals surface area (Å²) in [6.45, 7) is 1.07. The van der Waals surface area contributed by atoms with Crippen LogP contribution in [0.4, 0.5) is 4.39 Å². The molecule has 9 heteroatoms. The Morgan fingerprint density at radius 1 is 1.14 bits per heavy atom. The molecule has 1 aliphatic rings. The van der Waals surface area contributed by atoms with Crippen molar-refractivity contribution in [2.45, 2.75) is 35.8 Å². The molecule has 1 N–H and O–H groups in total. The molecule has 0 radical (unpaired) electrons. The summed E-state index contributed by atoms with van der Waals surface area (Å²) in [6.07, 6.45) is -0.0962. The van der Waals surface area contributed by atoms with E-state index in [1.807, 2.05) is 35.2 Å². The van der Waals surface area contributed by atoms with Gasteiger partial charge in [0.1, 0.15) is 11.6 Å². The molecule has 2 heterocycles. The van der Waals surface area contributed by atoms with Crippen LogP contribution in [0.15, 0.2) is 64.0 Å². The summed E-state index contributed by atoms with van der Waals surface area (Å²) in [5.74, 6) is -0.646. The number of benzene rings is 2. The van der Waals surface area contributed by atoms with Gasteiger partial charge in [0.05, 0.1) is 17.0 Å². The van der Waals surface area contributed by atoms with Gasteiger partial charge in [-0.3, -0.25) is 4.90 Å². The molecule has 29 heavy (non-hydrogen) atoms. The Morgan fingerprint density at radius 2 is 1.86 bits per heavy atom. The van der Waals surface area contributed by atoms with Crippen molar-refractivity contribution in [2.24, 2.45) is 0 Å². The summed E-state index contributed by atoms with van der Waals surface area (Å²) in [6, 6.07) is 14.1. The van der Waals surface area contributed by atoms with Gasteiger partial charge in [-0.05, 0) is 36.2 Å². The number of aliphatic hydroxyl groups is 1. The normalized spacial score (nSPS) is 20.2. The predicted molar refractivity (Wildman–Crippen MR) is 102 cm³/mol. The molecule has 1 saturated heterocycles. The van der Waals surface area contributed by atoms with E-state index >= 15 is 0 Å². The van der Waals surface area contributed by atoms with Gasteiger partial charge < -0.3 is 9.63 Å². The van der Waals surface area contributed by atoms with Crippen LogP contribution in [0.2, 0.25) is 0 Å². The average Bonchev–Trinajstić information content (AvgIpc) is 3.28. The second-order valence-electron chi connectivity index (χ2n) is 7.08. The minimum absolute atomic E-state index is 0.00718. The molecule has 0 unspecified atom stereocenters. The van der Waals surface area contributed by atoms with Gasteiger partial charge >= 0.3 is 0 Å². The lowest BCUT2D eigenvalue weighted by atomic mass is 10.1. The van der Waals surface area contributed by atoms with E-state index < -0.39 is 27.5 Å². The summed E-state index contributed by atoms with van der Waals surface area (Å²) >= 11 is 0. The summed E-state index contributed by atoms with van der Waals surface area (Å²) in [5, 5.41) is 13.9. The molecule has 2 aromatic carbocycles. The summed E-state index contributed by atoms with van der Waals surface area (Å²) < 4.78 is 43.4. The van der Waals surface area contributed by atoms with Gasteiger partial charge in [0, 0.05) is 13.1 Å². The van der Waals surface area contributed by atoms with Crippen molar-refractivity contribution < 1.29 is 22.4 Å². The van der Waals surface area contributed by atoms with Crippen LogP contribution in [0, 0.1) is 5.82 Å². The quantitative estimate of drug-likeness (QED) is 0.616. The van der Waals surface area contributed by atoms with E-state index in [0.29, 0.717) is 19.5 Å². The highest BCUT2D eigenvalue weighted by molar-refractivity contribution is 7.90. The van der Waals surface area contributed by atoms with Crippen LogP contribution in [-0.4, -0.2) is 41.2 Å². The monoisotopic (exact) mass is 417 g/mol. The van der Waals surface area contributed by atoms with Crippen molar-refractivity contribution in [1.29, 1.82) is 0 Å². The highest BCUT2D eigenvalue weighted by Crippen LogP contribution is 2.32. The first-order chi connectivity index (χ1) is 13.9. The number of hydrogen-bond acceptors (Lipinski definition) is 7. The van der Waals surface area contributed by atoms with Crippen molar-refractivity contribution in [3.05, 3.63) is 77.7 Å². The van der Waals surface area contributed by atoms with Gasteiger partial charge in [-0.2, -0.15) is 4.98 Å². The number of rotatable bonds is 6. The van der Waals surface area contributed by atoms with Gasteiger partial charge in [-0.1, -0.05) is 35.5 Å². The van der Waals surface area contributed by atoms with Crippen LogP contribution in [0.5, 0.6) is 0 Å². The highest BCUT2D eigenvalue weighted by Gasteiger charge is 2.36. The molecule has 0 spiro atoms. The van der Waals surface area contributed by atoms with Crippen LogP contribution < -0.4 is 0 Å². The zero-order chi connectivity index (χ0) is 20.4. The van der Waals surface area contributed by atoms with E-state index in [-0.39, 0.29) is 22.7 Å². The first-order valence-corrected chi connectivity index (χ1v) is 10.8. The van der Waals surface area contributed by atoms with Gasteiger partial charge in [-0.15, -0.1) is 0 Å².